The smallest absolute Gasteiger partial charge is 0.319 e. The topological polar surface area (TPSA) is 63.6 Å². The summed E-state index contributed by atoms with van der Waals surface area (Å²) in [6, 6.07) is 0. The van der Waals surface area contributed by atoms with Crippen LogP contribution in [0.15, 0.2) is 0 Å². The van der Waals surface area contributed by atoms with Gasteiger partial charge in [0.25, 0.3) is 0 Å². The van der Waals surface area contributed by atoms with Gasteiger partial charge < -0.3 is 9.84 Å². The minimum Gasteiger partial charge on any atom is -0.480 e. The molecule has 1 aliphatic heterocycles. The first-order valence-corrected chi connectivity index (χ1v) is 5.40. The summed E-state index contributed by atoms with van der Waals surface area (Å²) in [6.45, 7) is 4.19. The van der Waals surface area contributed by atoms with E-state index in [2.05, 4.69) is 0 Å². The highest BCUT2D eigenvalue weighted by Crippen LogP contribution is 2.36. The van der Waals surface area contributed by atoms with Gasteiger partial charge in [0, 0.05) is 6.42 Å². The van der Waals surface area contributed by atoms with Crippen molar-refractivity contribution >= 4 is 11.8 Å². The molecule has 4 nitrogen and oxygen atoms in total. The maximum Gasteiger partial charge on any atom is 0.319 e. The van der Waals surface area contributed by atoms with E-state index in [0.717, 1.165) is 12.8 Å². The third-order valence-electron chi connectivity index (χ3n) is 3.25. The summed E-state index contributed by atoms with van der Waals surface area (Å²) < 4.78 is 5.18. The van der Waals surface area contributed by atoms with Gasteiger partial charge in [0.1, 0.15) is 0 Å². The number of Topliss-reactive ketones (excluding diaryl/α,β-unsaturated/α-hetero) is 1. The summed E-state index contributed by atoms with van der Waals surface area (Å²) >= 11 is 0. The second kappa shape index (κ2) is 4.75. The van der Waals surface area contributed by atoms with Crippen molar-refractivity contribution in [1.82, 2.24) is 0 Å². The fourth-order valence-corrected chi connectivity index (χ4v) is 2.19. The molecule has 1 aliphatic rings. The number of carboxylic acids is 1. The zero-order valence-corrected chi connectivity index (χ0v) is 9.28. The van der Waals surface area contributed by atoms with Crippen molar-refractivity contribution in [3.8, 4) is 0 Å². The molecule has 1 saturated heterocycles. The second-order valence-corrected chi connectivity index (χ2v) is 4.19. The van der Waals surface area contributed by atoms with E-state index in [-0.39, 0.29) is 24.7 Å². The lowest BCUT2D eigenvalue weighted by molar-refractivity contribution is -0.169. The van der Waals surface area contributed by atoms with Crippen LogP contribution in [-0.4, -0.2) is 30.1 Å². The Morgan fingerprint density at radius 3 is 2.80 bits per heavy atom. The summed E-state index contributed by atoms with van der Waals surface area (Å²) in [5, 5.41) is 9.26. The average Bonchev–Trinajstić information content (AvgIpc) is 2.18. The molecule has 15 heavy (non-hydrogen) atoms. The minimum absolute atomic E-state index is 0.0301. The molecule has 86 valence electrons. The molecule has 0 bridgehead atoms. The molecule has 0 amide bonds. The van der Waals surface area contributed by atoms with E-state index in [1.165, 1.54) is 0 Å². The van der Waals surface area contributed by atoms with Crippen molar-refractivity contribution in [3.63, 3.8) is 0 Å². The summed E-state index contributed by atoms with van der Waals surface area (Å²) in [7, 11) is 0. The number of ketones is 1. The number of hydrogen-bond acceptors (Lipinski definition) is 3. The maximum atomic E-state index is 11.8. The molecule has 0 saturated carbocycles. The van der Waals surface area contributed by atoms with Gasteiger partial charge in [0.2, 0.25) is 0 Å². The molecule has 0 aliphatic carbocycles. The lowest BCUT2D eigenvalue weighted by Crippen LogP contribution is -2.51. The van der Waals surface area contributed by atoms with Crippen molar-refractivity contribution in [1.29, 1.82) is 0 Å². The van der Waals surface area contributed by atoms with E-state index in [1.807, 2.05) is 13.8 Å². The van der Waals surface area contributed by atoms with E-state index < -0.39 is 11.4 Å². The highest BCUT2D eigenvalue weighted by molar-refractivity contribution is 6.04. The zero-order chi connectivity index (χ0) is 11.5. The monoisotopic (exact) mass is 214 g/mol. The zero-order valence-electron chi connectivity index (χ0n) is 9.28. The first kappa shape index (κ1) is 12.2. The van der Waals surface area contributed by atoms with Crippen LogP contribution in [0, 0.1) is 11.3 Å². The summed E-state index contributed by atoms with van der Waals surface area (Å²) in [5.41, 5.74) is -1.30. The highest BCUT2D eigenvalue weighted by Gasteiger charge is 2.51. The van der Waals surface area contributed by atoms with Gasteiger partial charge in [-0.3, -0.25) is 9.59 Å². The van der Waals surface area contributed by atoms with E-state index in [1.54, 1.807) is 0 Å². The Labute approximate surface area is 89.6 Å². The molecule has 1 N–H and O–H groups in total. The van der Waals surface area contributed by atoms with Gasteiger partial charge in [-0.05, 0) is 12.3 Å². The van der Waals surface area contributed by atoms with Gasteiger partial charge in [0.05, 0.1) is 13.2 Å². The Morgan fingerprint density at radius 1 is 1.67 bits per heavy atom. The molecule has 0 aromatic rings. The van der Waals surface area contributed by atoms with Gasteiger partial charge in [-0.1, -0.05) is 20.3 Å². The van der Waals surface area contributed by atoms with Gasteiger partial charge in [-0.25, -0.2) is 0 Å². The summed E-state index contributed by atoms with van der Waals surface area (Å²) in [6.07, 6.45) is 1.84. The van der Waals surface area contributed by atoms with Crippen molar-refractivity contribution in [2.45, 2.75) is 33.1 Å². The quantitative estimate of drug-likeness (QED) is 0.720. The van der Waals surface area contributed by atoms with Crippen LogP contribution in [0.3, 0.4) is 0 Å². The molecule has 1 heterocycles. The molecule has 0 spiro atoms. The van der Waals surface area contributed by atoms with Crippen molar-refractivity contribution in [2.75, 3.05) is 13.2 Å². The van der Waals surface area contributed by atoms with Crippen molar-refractivity contribution in [2.24, 2.45) is 11.3 Å². The Kier molecular flexibility index (Phi) is 3.85. The lowest BCUT2D eigenvalue weighted by atomic mass is 9.70. The Morgan fingerprint density at radius 2 is 2.33 bits per heavy atom. The third kappa shape index (κ3) is 2.04. The van der Waals surface area contributed by atoms with Gasteiger partial charge in [0.15, 0.2) is 11.2 Å². The van der Waals surface area contributed by atoms with Crippen LogP contribution < -0.4 is 0 Å². The van der Waals surface area contributed by atoms with Crippen LogP contribution in [0.2, 0.25) is 0 Å². The van der Waals surface area contributed by atoms with E-state index >= 15 is 0 Å². The Balaban J connectivity index is 2.95. The maximum absolute atomic E-state index is 11.8. The number of rotatable bonds is 4. The molecule has 0 aromatic carbocycles. The lowest BCUT2D eigenvalue weighted by Gasteiger charge is -2.36. The minimum atomic E-state index is -1.30. The second-order valence-electron chi connectivity index (χ2n) is 4.19. The Hall–Kier alpha value is -0.900. The van der Waals surface area contributed by atoms with Gasteiger partial charge in [-0.15, -0.1) is 0 Å². The SMILES string of the molecule is CCCC(C)C1(C(=O)O)COCCC1=O. The molecular weight excluding hydrogens is 196 g/mol. The van der Waals surface area contributed by atoms with Crippen molar-refractivity contribution in [3.05, 3.63) is 0 Å². The normalized spacial score (nSPS) is 28.8. The van der Waals surface area contributed by atoms with E-state index in [4.69, 9.17) is 4.74 Å². The van der Waals surface area contributed by atoms with Crippen LogP contribution in [-0.2, 0) is 14.3 Å². The predicted octanol–water partition coefficient (Wildman–Crippen LogP) is 1.48. The van der Waals surface area contributed by atoms with Crippen LogP contribution in [0.4, 0.5) is 0 Å². The predicted molar refractivity (Wildman–Crippen MR) is 54.6 cm³/mol. The average molecular weight is 214 g/mol. The van der Waals surface area contributed by atoms with Crippen LogP contribution >= 0.6 is 0 Å². The molecule has 2 atom stereocenters. The van der Waals surface area contributed by atoms with Crippen LogP contribution in [0.1, 0.15) is 33.1 Å². The fraction of sp³-hybridized carbons (Fsp3) is 0.818. The fourth-order valence-electron chi connectivity index (χ4n) is 2.19. The van der Waals surface area contributed by atoms with Gasteiger partial charge in [-0.2, -0.15) is 0 Å². The number of ether oxygens (including phenoxy) is 1. The summed E-state index contributed by atoms with van der Waals surface area (Å²) in [4.78, 5) is 23.1. The molecule has 0 aromatic heterocycles. The molecule has 1 rings (SSSR count). The molecule has 0 radical (unpaired) electrons. The van der Waals surface area contributed by atoms with E-state index in [0.29, 0.717) is 6.61 Å². The number of hydrogen-bond donors (Lipinski definition) is 1. The molecule has 4 heteroatoms. The first-order valence-electron chi connectivity index (χ1n) is 5.40. The first-order chi connectivity index (χ1) is 7.05. The molecular formula is C11H18O4. The van der Waals surface area contributed by atoms with Crippen molar-refractivity contribution < 1.29 is 19.4 Å². The van der Waals surface area contributed by atoms with E-state index in [9.17, 15) is 14.7 Å². The van der Waals surface area contributed by atoms with Gasteiger partial charge >= 0.3 is 5.97 Å². The van der Waals surface area contributed by atoms with Crippen LogP contribution in [0.5, 0.6) is 0 Å². The van der Waals surface area contributed by atoms with Crippen LogP contribution in [0.25, 0.3) is 0 Å². The Bertz CT molecular complexity index is 261. The number of carboxylic acid groups (broad SMARTS) is 1. The molecule has 2 unspecified atom stereocenters. The summed E-state index contributed by atoms with van der Waals surface area (Å²) in [5.74, 6) is -1.37. The number of aliphatic carboxylic acids is 1. The number of carbonyl (C=O) groups excluding carboxylic acids is 1. The standard InChI is InChI=1S/C11H18O4/c1-3-4-8(2)11(10(13)14)7-15-6-5-9(11)12/h8H,3-7H2,1-2H3,(H,13,14). The third-order valence-corrected chi connectivity index (χ3v) is 3.25. The highest BCUT2D eigenvalue weighted by atomic mass is 16.5. The number of carbonyl (C=O) groups is 2. The molecule has 1 fully saturated rings. The largest absolute Gasteiger partial charge is 0.480 e.